The number of nitrogens with zero attached hydrogens (tertiary/aromatic N) is 3. The molecule has 0 aromatic carbocycles. The summed E-state index contributed by atoms with van der Waals surface area (Å²) >= 11 is 0. The van der Waals surface area contributed by atoms with Gasteiger partial charge < -0.3 is 5.73 Å². The van der Waals surface area contributed by atoms with Crippen LogP contribution in [0.5, 0.6) is 0 Å². The SMILES string of the molecule is CC(=NNc1nonc1N)C(C)(C)C. The van der Waals surface area contributed by atoms with Gasteiger partial charge in [0.15, 0.2) is 0 Å². The number of hydrazone groups is 1. The largest absolute Gasteiger partial charge is 0.378 e. The first kappa shape index (κ1) is 10.5. The van der Waals surface area contributed by atoms with Crippen LogP contribution in [0.2, 0.25) is 0 Å². The van der Waals surface area contributed by atoms with Crippen LogP contribution in [0.15, 0.2) is 9.73 Å². The zero-order valence-electron chi connectivity index (χ0n) is 8.83. The molecule has 1 aromatic rings. The standard InChI is InChI=1S/C8H15N5O/c1-5(8(2,3)4)10-11-7-6(9)12-14-13-7/h1-4H3,(H2,9,12)(H,11,13). The lowest BCUT2D eigenvalue weighted by Crippen LogP contribution is -2.18. The third kappa shape index (κ3) is 2.45. The Morgan fingerprint density at radius 3 is 2.50 bits per heavy atom. The summed E-state index contributed by atoms with van der Waals surface area (Å²) in [6.45, 7) is 8.13. The predicted octanol–water partition coefficient (Wildman–Crippen LogP) is 1.49. The van der Waals surface area contributed by atoms with E-state index in [4.69, 9.17) is 5.73 Å². The van der Waals surface area contributed by atoms with Crippen LogP contribution < -0.4 is 11.2 Å². The molecule has 0 radical (unpaired) electrons. The minimum Gasteiger partial charge on any atom is -0.378 e. The minimum atomic E-state index is 0.0128. The smallest absolute Gasteiger partial charge is 0.235 e. The third-order valence-electron chi connectivity index (χ3n) is 1.93. The van der Waals surface area contributed by atoms with Crippen LogP contribution in [0.3, 0.4) is 0 Å². The van der Waals surface area contributed by atoms with Crippen LogP contribution in [0.4, 0.5) is 11.6 Å². The molecule has 1 aromatic heterocycles. The molecule has 6 nitrogen and oxygen atoms in total. The first-order valence-electron chi connectivity index (χ1n) is 4.30. The molecule has 3 N–H and O–H groups in total. The van der Waals surface area contributed by atoms with Gasteiger partial charge in [0.25, 0.3) is 0 Å². The number of nitrogen functional groups attached to an aromatic ring is 1. The van der Waals surface area contributed by atoms with E-state index in [0.29, 0.717) is 5.82 Å². The molecule has 0 fully saturated rings. The van der Waals surface area contributed by atoms with Gasteiger partial charge in [0, 0.05) is 11.1 Å². The van der Waals surface area contributed by atoms with E-state index >= 15 is 0 Å². The molecular formula is C8H15N5O. The molecule has 1 heterocycles. The van der Waals surface area contributed by atoms with Crippen LogP contribution in [0.1, 0.15) is 27.7 Å². The number of rotatable bonds is 2. The van der Waals surface area contributed by atoms with E-state index in [9.17, 15) is 0 Å². The average molecular weight is 197 g/mol. The highest BCUT2D eigenvalue weighted by Crippen LogP contribution is 2.17. The van der Waals surface area contributed by atoms with E-state index in [0.717, 1.165) is 5.71 Å². The molecule has 1 rings (SSSR count). The van der Waals surface area contributed by atoms with Crippen LogP contribution in [-0.2, 0) is 0 Å². The van der Waals surface area contributed by atoms with Crippen molar-refractivity contribution in [3.05, 3.63) is 0 Å². The summed E-state index contributed by atoms with van der Waals surface area (Å²) in [6, 6.07) is 0. The van der Waals surface area contributed by atoms with Crippen molar-refractivity contribution in [3.63, 3.8) is 0 Å². The number of hydrogen-bond acceptors (Lipinski definition) is 6. The topological polar surface area (TPSA) is 89.3 Å². The molecule has 0 saturated carbocycles. The summed E-state index contributed by atoms with van der Waals surface area (Å²) in [4.78, 5) is 0. The molecule has 0 amide bonds. The van der Waals surface area contributed by atoms with Gasteiger partial charge in [0.2, 0.25) is 11.6 Å². The van der Waals surface area contributed by atoms with Gasteiger partial charge >= 0.3 is 0 Å². The lowest BCUT2D eigenvalue weighted by molar-refractivity contribution is 0.310. The lowest BCUT2D eigenvalue weighted by atomic mass is 9.91. The Hall–Kier alpha value is -1.59. The number of anilines is 2. The molecule has 0 aliphatic heterocycles. The lowest BCUT2D eigenvalue weighted by Gasteiger charge is -2.17. The number of nitrogens with two attached hydrogens (primary N) is 1. The zero-order valence-corrected chi connectivity index (χ0v) is 8.83. The van der Waals surface area contributed by atoms with E-state index in [2.05, 4.69) is 46.2 Å². The maximum Gasteiger partial charge on any atom is 0.235 e. The molecule has 14 heavy (non-hydrogen) atoms. The highest BCUT2D eigenvalue weighted by Gasteiger charge is 2.14. The molecule has 0 saturated heterocycles. The van der Waals surface area contributed by atoms with E-state index < -0.39 is 0 Å². The van der Waals surface area contributed by atoms with Crippen molar-refractivity contribution >= 4 is 17.3 Å². The van der Waals surface area contributed by atoms with Crippen LogP contribution in [0.25, 0.3) is 0 Å². The highest BCUT2D eigenvalue weighted by atomic mass is 16.6. The van der Waals surface area contributed by atoms with E-state index in [1.807, 2.05) is 6.92 Å². The Morgan fingerprint density at radius 2 is 2.07 bits per heavy atom. The molecule has 0 unspecified atom stereocenters. The van der Waals surface area contributed by atoms with E-state index in [1.54, 1.807) is 0 Å². The van der Waals surface area contributed by atoms with Crippen molar-refractivity contribution in [2.45, 2.75) is 27.7 Å². The van der Waals surface area contributed by atoms with Gasteiger partial charge in [-0.15, -0.1) is 0 Å². The molecule has 0 bridgehead atoms. The van der Waals surface area contributed by atoms with Gasteiger partial charge in [-0.05, 0) is 17.2 Å². The summed E-state index contributed by atoms with van der Waals surface area (Å²) in [5, 5.41) is 11.1. The summed E-state index contributed by atoms with van der Waals surface area (Å²) in [6.07, 6.45) is 0. The zero-order chi connectivity index (χ0) is 10.8. The quantitative estimate of drug-likeness (QED) is 0.553. The Labute approximate surface area is 82.5 Å². The normalized spacial score (nSPS) is 13.0. The summed E-state index contributed by atoms with van der Waals surface area (Å²) in [7, 11) is 0. The fourth-order valence-corrected chi connectivity index (χ4v) is 0.577. The number of hydrogen-bond donors (Lipinski definition) is 2. The molecular weight excluding hydrogens is 182 g/mol. The van der Waals surface area contributed by atoms with E-state index in [1.165, 1.54) is 0 Å². The third-order valence-corrected chi connectivity index (χ3v) is 1.93. The van der Waals surface area contributed by atoms with Crippen molar-refractivity contribution in [3.8, 4) is 0 Å². The van der Waals surface area contributed by atoms with Gasteiger partial charge in [-0.1, -0.05) is 20.8 Å². The Morgan fingerprint density at radius 1 is 1.43 bits per heavy atom. The van der Waals surface area contributed by atoms with Crippen molar-refractivity contribution in [1.82, 2.24) is 10.3 Å². The molecule has 0 atom stereocenters. The van der Waals surface area contributed by atoms with Crippen molar-refractivity contribution in [2.75, 3.05) is 11.2 Å². The number of nitrogens with one attached hydrogen (secondary N) is 1. The van der Waals surface area contributed by atoms with Gasteiger partial charge in [-0.3, -0.25) is 5.43 Å². The van der Waals surface area contributed by atoms with Crippen molar-refractivity contribution in [2.24, 2.45) is 10.5 Å². The summed E-state index contributed by atoms with van der Waals surface area (Å²) in [5.74, 6) is 0.545. The Balaban J connectivity index is 2.69. The van der Waals surface area contributed by atoms with Crippen molar-refractivity contribution < 1.29 is 4.63 Å². The predicted molar refractivity (Wildman–Crippen MR) is 54.9 cm³/mol. The van der Waals surface area contributed by atoms with Gasteiger partial charge in [0.05, 0.1) is 0 Å². The molecule has 6 heteroatoms. The van der Waals surface area contributed by atoms with Crippen molar-refractivity contribution in [1.29, 1.82) is 0 Å². The monoisotopic (exact) mass is 197 g/mol. The van der Waals surface area contributed by atoms with Crippen LogP contribution in [-0.4, -0.2) is 16.0 Å². The minimum absolute atomic E-state index is 0.0128. The molecule has 0 aliphatic rings. The van der Waals surface area contributed by atoms with Gasteiger partial charge in [-0.2, -0.15) is 5.10 Å². The van der Waals surface area contributed by atoms with Crippen LogP contribution >= 0.6 is 0 Å². The Kier molecular flexibility index (Phi) is 2.73. The second-order valence-corrected chi connectivity index (χ2v) is 4.06. The molecule has 0 aliphatic carbocycles. The molecule has 0 spiro atoms. The first-order chi connectivity index (χ1) is 6.41. The fourth-order valence-electron chi connectivity index (χ4n) is 0.577. The van der Waals surface area contributed by atoms with E-state index in [-0.39, 0.29) is 11.2 Å². The van der Waals surface area contributed by atoms with Gasteiger partial charge in [0.1, 0.15) is 0 Å². The fraction of sp³-hybridized carbons (Fsp3) is 0.625. The summed E-state index contributed by atoms with van der Waals surface area (Å²) < 4.78 is 4.41. The second kappa shape index (κ2) is 3.65. The van der Waals surface area contributed by atoms with Crippen LogP contribution in [0, 0.1) is 5.41 Å². The maximum absolute atomic E-state index is 5.44. The number of aromatic nitrogens is 2. The first-order valence-corrected chi connectivity index (χ1v) is 4.30. The maximum atomic E-state index is 5.44. The average Bonchev–Trinajstić information content (AvgIpc) is 2.45. The molecule has 78 valence electrons. The second-order valence-electron chi connectivity index (χ2n) is 4.06. The van der Waals surface area contributed by atoms with Gasteiger partial charge in [-0.25, -0.2) is 4.63 Å². The Bertz CT molecular complexity index is 336. The highest BCUT2D eigenvalue weighted by molar-refractivity contribution is 5.87. The summed E-state index contributed by atoms with van der Waals surface area (Å²) in [5.41, 5.74) is 9.09.